The van der Waals surface area contributed by atoms with Crippen molar-refractivity contribution in [1.29, 1.82) is 0 Å². The number of likely N-dealkylation sites (tertiary alicyclic amines) is 1. The standard InChI is InChI=1S/C56H76N10O7/c1-32(57-10)48(67)61-46(55(4,5)6)53(71)65-30-39-27-37(24-25-38(39)28-44(65)50(69)59-42-23-17-21-36-20-15-16-22-41(36)42)40-29-45(66(31-40)54(72)47(56(7,8)9)62-49(68)33(2)58-11)51(70)60-43(52-64-63-34(3)73-52)26-35-18-13-12-14-19-35/h12-16,18-20,22,24-25,27,32-33,40,42-47,57-58H,17,21,23,26,28-31H2,1-11H3,(H,59,69)(H,60,70)(H,61,67)(H,62,68). The molecule has 9 atom stereocenters. The van der Waals surface area contributed by atoms with Gasteiger partial charge in [0.1, 0.15) is 30.2 Å². The molecular formula is C56H76N10O7. The van der Waals surface area contributed by atoms with Crippen molar-refractivity contribution in [3.63, 3.8) is 0 Å². The second-order valence-corrected chi connectivity index (χ2v) is 22.4. The molecule has 392 valence electrons. The molecule has 3 aliphatic rings. The maximum atomic E-state index is 15.1. The number of nitrogens with one attached hydrogen (secondary N) is 6. The zero-order valence-electron chi connectivity index (χ0n) is 44.4. The van der Waals surface area contributed by atoms with Gasteiger partial charge in [-0.05, 0) is 97.8 Å². The second kappa shape index (κ2) is 22.8. The number of carbonyl (C=O) groups excluding carboxylic acids is 6. The largest absolute Gasteiger partial charge is 0.423 e. The third-order valence-corrected chi connectivity index (χ3v) is 14.9. The molecular weight excluding hydrogens is 925 g/mol. The van der Waals surface area contributed by atoms with E-state index in [1.165, 1.54) is 5.56 Å². The molecule has 17 nitrogen and oxygen atoms in total. The Labute approximate surface area is 430 Å². The molecule has 4 aromatic rings. The Morgan fingerprint density at radius 2 is 1.33 bits per heavy atom. The monoisotopic (exact) mass is 1000 g/mol. The predicted molar refractivity (Wildman–Crippen MR) is 277 cm³/mol. The number of aromatic nitrogens is 2. The fraction of sp³-hybridized carbons (Fsp3) is 0.536. The van der Waals surface area contributed by atoms with E-state index in [1.54, 1.807) is 44.7 Å². The zero-order valence-corrected chi connectivity index (χ0v) is 44.4. The molecule has 1 aliphatic carbocycles. The summed E-state index contributed by atoms with van der Waals surface area (Å²) in [6.45, 7) is 16.7. The van der Waals surface area contributed by atoms with Gasteiger partial charge in [0.25, 0.3) is 0 Å². The number of hydrogen-bond donors (Lipinski definition) is 6. The lowest BCUT2D eigenvalue weighted by Gasteiger charge is -2.42. The first-order valence-corrected chi connectivity index (χ1v) is 25.8. The first kappa shape index (κ1) is 54.3. The van der Waals surface area contributed by atoms with Gasteiger partial charge in [0.05, 0.1) is 18.1 Å². The predicted octanol–water partition coefficient (Wildman–Crippen LogP) is 4.89. The van der Waals surface area contributed by atoms with E-state index in [0.29, 0.717) is 12.3 Å². The average Bonchev–Trinajstić information content (AvgIpc) is 4.02. The van der Waals surface area contributed by atoms with Crippen molar-refractivity contribution < 1.29 is 33.2 Å². The van der Waals surface area contributed by atoms with Gasteiger partial charge >= 0.3 is 0 Å². The van der Waals surface area contributed by atoms with Gasteiger partial charge in [-0.3, -0.25) is 28.8 Å². The van der Waals surface area contributed by atoms with E-state index in [2.05, 4.69) is 54.2 Å². The molecule has 0 radical (unpaired) electrons. The van der Waals surface area contributed by atoms with E-state index < -0.39 is 64.9 Å². The molecule has 3 heterocycles. The molecule has 6 N–H and O–H groups in total. The molecule has 3 aromatic carbocycles. The molecule has 0 bridgehead atoms. The minimum absolute atomic E-state index is 0.0806. The van der Waals surface area contributed by atoms with Crippen LogP contribution in [0.5, 0.6) is 0 Å². The van der Waals surface area contributed by atoms with Crippen LogP contribution in [0.2, 0.25) is 0 Å². The van der Waals surface area contributed by atoms with E-state index >= 15 is 9.59 Å². The fourth-order valence-corrected chi connectivity index (χ4v) is 10.3. The lowest BCUT2D eigenvalue weighted by atomic mass is 9.83. The number of aryl methyl sites for hydroxylation is 2. The lowest BCUT2D eigenvalue weighted by Crippen LogP contribution is -2.62. The van der Waals surface area contributed by atoms with Gasteiger partial charge in [-0.2, -0.15) is 0 Å². The molecule has 7 rings (SSSR count). The van der Waals surface area contributed by atoms with Crippen molar-refractivity contribution in [2.75, 3.05) is 20.6 Å². The van der Waals surface area contributed by atoms with Gasteiger partial charge in [0.2, 0.25) is 47.2 Å². The average molecular weight is 1000 g/mol. The topological polar surface area (TPSA) is 220 Å². The van der Waals surface area contributed by atoms with Crippen LogP contribution in [0.15, 0.2) is 77.2 Å². The Bertz CT molecular complexity index is 2640. The number of amides is 6. The number of carbonyl (C=O) groups is 6. The minimum atomic E-state index is -0.982. The second-order valence-electron chi connectivity index (χ2n) is 22.4. The lowest BCUT2D eigenvalue weighted by molar-refractivity contribution is -0.147. The van der Waals surface area contributed by atoms with E-state index in [9.17, 15) is 19.2 Å². The van der Waals surface area contributed by atoms with Crippen molar-refractivity contribution in [2.45, 2.75) is 162 Å². The summed E-state index contributed by atoms with van der Waals surface area (Å²) < 4.78 is 5.88. The highest BCUT2D eigenvalue weighted by Crippen LogP contribution is 2.38. The number of fused-ring (bicyclic) bond motifs is 2. The van der Waals surface area contributed by atoms with Crippen LogP contribution in [0, 0.1) is 17.8 Å². The Kier molecular flexibility index (Phi) is 16.9. The molecule has 1 aromatic heterocycles. The van der Waals surface area contributed by atoms with Gasteiger partial charge in [0.15, 0.2) is 0 Å². The summed E-state index contributed by atoms with van der Waals surface area (Å²) in [4.78, 5) is 89.9. The maximum Gasteiger partial charge on any atom is 0.246 e. The van der Waals surface area contributed by atoms with Crippen LogP contribution in [-0.2, 0) is 54.6 Å². The van der Waals surface area contributed by atoms with E-state index in [0.717, 1.165) is 47.1 Å². The molecule has 2 aliphatic heterocycles. The van der Waals surface area contributed by atoms with E-state index in [1.807, 2.05) is 102 Å². The van der Waals surface area contributed by atoms with Crippen molar-refractivity contribution in [2.24, 2.45) is 10.8 Å². The Morgan fingerprint density at radius 1 is 0.712 bits per heavy atom. The van der Waals surface area contributed by atoms with Crippen molar-refractivity contribution >= 4 is 35.4 Å². The van der Waals surface area contributed by atoms with Gasteiger partial charge in [-0.1, -0.05) is 114 Å². The first-order valence-electron chi connectivity index (χ1n) is 25.8. The van der Waals surface area contributed by atoms with E-state index in [-0.39, 0.29) is 67.4 Å². The van der Waals surface area contributed by atoms with Crippen LogP contribution in [-0.4, -0.2) is 112 Å². The summed E-state index contributed by atoms with van der Waals surface area (Å²) in [6, 6.07) is 17.9. The quantitative estimate of drug-likeness (QED) is 0.0888. The van der Waals surface area contributed by atoms with Crippen LogP contribution in [0.4, 0.5) is 0 Å². The number of rotatable bonds is 16. The third-order valence-electron chi connectivity index (χ3n) is 14.9. The van der Waals surface area contributed by atoms with Crippen LogP contribution < -0.4 is 31.9 Å². The summed E-state index contributed by atoms with van der Waals surface area (Å²) in [6.07, 6.45) is 3.45. The van der Waals surface area contributed by atoms with Gasteiger partial charge < -0.3 is 46.1 Å². The molecule has 73 heavy (non-hydrogen) atoms. The summed E-state index contributed by atoms with van der Waals surface area (Å²) in [5, 5.41) is 26.7. The number of benzene rings is 3. The fourth-order valence-electron chi connectivity index (χ4n) is 10.3. The molecule has 1 fully saturated rings. The normalized spacial score (nSPS) is 20.9. The van der Waals surface area contributed by atoms with Crippen LogP contribution in [0.25, 0.3) is 0 Å². The van der Waals surface area contributed by atoms with Crippen molar-refractivity contribution in [1.82, 2.24) is 51.9 Å². The van der Waals surface area contributed by atoms with Gasteiger partial charge in [-0.25, -0.2) is 0 Å². The Hall–Kier alpha value is -6.46. The van der Waals surface area contributed by atoms with E-state index in [4.69, 9.17) is 4.42 Å². The SMILES string of the molecule is CNC(C)C(=O)NC(C(=O)N1CC(c2ccc3c(c2)CN(C(=O)C(NC(=O)C(C)NC)C(C)(C)C)C(C(=O)NC2CCCc4ccccc42)C3)CC1C(=O)NC(Cc1ccccc1)c1nnc(C)o1)C(C)(C)C. The Morgan fingerprint density at radius 3 is 1.93 bits per heavy atom. The van der Waals surface area contributed by atoms with Crippen LogP contribution >= 0.6 is 0 Å². The summed E-state index contributed by atoms with van der Waals surface area (Å²) in [7, 11) is 3.35. The zero-order chi connectivity index (χ0) is 52.9. The smallest absolute Gasteiger partial charge is 0.246 e. The highest BCUT2D eigenvalue weighted by atomic mass is 16.4. The summed E-state index contributed by atoms with van der Waals surface area (Å²) in [5.41, 5.74) is 4.31. The summed E-state index contributed by atoms with van der Waals surface area (Å²) >= 11 is 0. The number of likely N-dealkylation sites (N-methyl/N-ethyl adjacent to an activating group) is 2. The minimum Gasteiger partial charge on any atom is -0.423 e. The van der Waals surface area contributed by atoms with Crippen LogP contribution in [0.1, 0.15) is 138 Å². The molecule has 6 amide bonds. The van der Waals surface area contributed by atoms with Crippen molar-refractivity contribution in [3.05, 3.63) is 118 Å². The van der Waals surface area contributed by atoms with Crippen molar-refractivity contribution in [3.8, 4) is 0 Å². The first-order chi connectivity index (χ1) is 34.6. The number of nitrogens with zero attached hydrogens (tertiary/aromatic N) is 4. The molecule has 17 heteroatoms. The molecule has 1 saturated heterocycles. The molecule has 0 saturated carbocycles. The van der Waals surface area contributed by atoms with Crippen LogP contribution in [0.3, 0.4) is 0 Å². The maximum absolute atomic E-state index is 15.1. The highest BCUT2D eigenvalue weighted by molar-refractivity contribution is 5.95. The Balaban J connectivity index is 1.24. The summed E-state index contributed by atoms with van der Waals surface area (Å²) in [5.74, 6) is -1.91. The number of hydrogen-bond acceptors (Lipinski definition) is 11. The highest BCUT2D eigenvalue weighted by Gasteiger charge is 2.47. The molecule has 0 spiro atoms. The third kappa shape index (κ3) is 12.7. The van der Waals surface area contributed by atoms with Gasteiger partial charge in [0, 0.05) is 38.8 Å². The molecule has 9 unspecified atom stereocenters. The van der Waals surface area contributed by atoms with Gasteiger partial charge in [-0.15, -0.1) is 10.2 Å².